The normalized spacial score (nSPS) is 21.0. The third kappa shape index (κ3) is 5.20. The molecular weight excluding hydrogens is 590 g/mol. The number of fused-ring (bicyclic) bond motifs is 8. The number of methoxy groups -OCH3 is 1. The van der Waals surface area contributed by atoms with E-state index in [0.717, 1.165) is 73.5 Å². The van der Waals surface area contributed by atoms with Crippen LogP contribution in [0.5, 0.6) is 0 Å². The number of carbonyl (C=O) groups excluding carboxylic acids is 3. The number of carbonyl (C=O) groups is 3. The zero-order valence-electron chi connectivity index (χ0n) is 29.0. The van der Waals surface area contributed by atoms with Gasteiger partial charge in [0.1, 0.15) is 0 Å². The molecule has 9 nitrogen and oxygen atoms in total. The van der Waals surface area contributed by atoms with Crippen molar-refractivity contribution in [1.29, 1.82) is 0 Å². The van der Waals surface area contributed by atoms with Crippen LogP contribution in [0.1, 0.15) is 114 Å². The van der Waals surface area contributed by atoms with E-state index in [2.05, 4.69) is 55.9 Å². The largest absolute Gasteiger partial charge is 0.469 e. The fourth-order valence-corrected chi connectivity index (χ4v) is 7.84. The summed E-state index contributed by atoms with van der Waals surface area (Å²) >= 11 is 0. The van der Waals surface area contributed by atoms with Gasteiger partial charge < -0.3 is 19.6 Å². The van der Waals surface area contributed by atoms with Gasteiger partial charge in [0.25, 0.3) is 0 Å². The van der Waals surface area contributed by atoms with Crippen LogP contribution in [0.4, 0.5) is 0 Å². The fourth-order valence-electron chi connectivity index (χ4n) is 7.84. The van der Waals surface area contributed by atoms with Gasteiger partial charge in [0.15, 0.2) is 5.78 Å². The van der Waals surface area contributed by atoms with E-state index in [1.807, 2.05) is 19.9 Å². The lowest BCUT2D eigenvalue weighted by Gasteiger charge is -2.27. The Kier molecular flexibility index (Phi) is 8.22. The molecule has 3 atom stereocenters. The van der Waals surface area contributed by atoms with Crippen molar-refractivity contribution in [1.82, 2.24) is 24.8 Å². The molecule has 3 aromatic rings. The number of Topliss-reactive ketones (excluding diaryl/α,β-unsaturated/α-hetero) is 1. The average molecular weight is 636 g/mol. The Hall–Kier alpha value is -4.53. The molecule has 0 spiro atoms. The molecular formula is C38H45N5O4. The first-order valence-corrected chi connectivity index (χ1v) is 16.6. The first kappa shape index (κ1) is 32.4. The van der Waals surface area contributed by atoms with Gasteiger partial charge in [0.2, 0.25) is 5.91 Å². The van der Waals surface area contributed by atoms with Gasteiger partial charge in [-0.2, -0.15) is 0 Å². The van der Waals surface area contributed by atoms with E-state index in [9.17, 15) is 14.4 Å². The molecule has 6 rings (SSSR count). The predicted octanol–water partition coefficient (Wildman–Crippen LogP) is 6.91. The molecule has 0 aromatic carbocycles. The number of nitrogens with zero attached hydrogens (tertiary/aromatic N) is 3. The smallest absolute Gasteiger partial charge is 0.305 e. The van der Waals surface area contributed by atoms with E-state index < -0.39 is 5.41 Å². The summed E-state index contributed by atoms with van der Waals surface area (Å²) in [5.41, 5.74) is 12.0. The monoisotopic (exact) mass is 635 g/mol. The van der Waals surface area contributed by atoms with Gasteiger partial charge in [-0.1, -0.05) is 19.9 Å². The summed E-state index contributed by atoms with van der Waals surface area (Å²) in [6.07, 6.45) is 4.25. The Morgan fingerprint density at radius 2 is 1.81 bits per heavy atom. The molecule has 8 bridgehead atoms. The van der Waals surface area contributed by atoms with Crippen LogP contribution in [-0.2, 0) is 32.6 Å². The summed E-state index contributed by atoms with van der Waals surface area (Å²) < 4.78 is 4.99. The van der Waals surface area contributed by atoms with Crippen molar-refractivity contribution in [3.05, 3.63) is 74.9 Å². The third-order valence-corrected chi connectivity index (χ3v) is 10.7. The number of rotatable bonds is 6. The lowest BCUT2D eigenvalue weighted by atomic mass is 9.76. The highest BCUT2D eigenvalue weighted by molar-refractivity contribution is 6.13. The van der Waals surface area contributed by atoms with Crippen LogP contribution in [0.25, 0.3) is 27.6 Å². The molecule has 9 heteroatoms. The lowest BCUT2D eigenvalue weighted by molar-refractivity contribution is -0.140. The molecule has 3 aromatic heterocycles. The highest BCUT2D eigenvalue weighted by Crippen LogP contribution is 2.47. The molecule has 246 valence electrons. The Labute approximate surface area is 275 Å². The van der Waals surface area contributed by atoms with Gasteiger partial charge in [-0.25, -0.2) is 0 Å². The predicted molar refractivity (Wildman–Crippen MR) is 185 cm³/mol. The maximum atomic E-state index is 13.6. The second-order valence-corrected chi connectivity index (χ2v) is 13.6. The topological polar surface area (TPSA) is 121 Å². The number of allylic oxidation sites excluding steroid dienone is 2. The fraction of sp³-hybridized carbons (Fsp3) is 0.447. The van der Waals surface area contributed by atoms with Gasteiger partial charge in [0, 0.05) is 84.0 Å². The van der Waals surface area contributed by atoms with E-state index in [1.165, 1.54) is 12.7 Å². The van der Waals surface area contributed by atoms with Gasteiger partial charge in [-0.3, -0.25) is 24.4 Å². The standard InChI is InChI=1S/C38H45N5O4/c1-10-22-19(3)26-15-27-20(4)23(12-13-34(46)47-9)36(41-27)24-14-31(44)35-21(5)28(42-37(24)35)16-30-25(11-2)38(6,18-33(45)43(7)8)32(40-30)17-29(22)39-26/h11,15-17,20,23,39,42H,10,12-14,18H2,1-9H3/b25-11+,26-15?,27-15?,28-16?,29-17?,30-16?,32-17?,36-24?/t20-,23-,38?/m0/s1. The van der Waals surface area contributed by atoms with Crippen LogP contribution in [0.15, 0.2) is 24.3 Å². The molecule has 5 heterocycles. The van der Waals surface area contributed by atoms with Crippen molar-refractivity contribution < 1.29 is 19.1 Å². The van der Waals surface area contributed by atoms with Gasteiger partial charge in [-0.15, -0.1) is 0 Å². The average Bonchev–Trinajstić information content (AvgIpc) is 3.77. The minimum absolute atomic E-state index is 0.0211. The van der Waals surface area contributed by atoms with Crippen LogP contribution in [0.2, 0.25) is 0 Å². The zero-order valence-corrected chi connectivity index (χ0v) is 29.0. The van der Waals surface area contributed by atoms with Crippen molar-refractivity contribution in [2.75, 3.05) is 21.2 Å². The highest BCUT2D eigenvalue weighted by Gasteiger charge is 2.41. The first-order chi connectivity index (χ1) is 22.3. The summed E-state index contributed by atoms with van der Waals surface area (Å²) in [7, 11) is 4.98. The van der Waals surface area contributed by atoms with Crippen LogP contribution < -0.4 is 0 Å². The van der Waals surface area contributed by atoms with Crippen molar-refractivity contribution in [3.63, 3.8) is 0 Å². The number of ether oxygens (including phenoxy) is 1. The Bertz CT molecular complexity index is 2030. The Morgan fingerprint density at radius 1 is 1.09 bits per heavy atom. The lowest BCUT2D eigenvalue weighted by Crippen LogP contribution is -2.31. The molecule has 2 N–H and O–H groups in total. The second kappa shape index (κ2) is 11.9. The zero-order chi connectivity index (χ0) is 33.9. The van der Waals surface area contributed by atoms with Gasteiger partial charge >= 0.3 is 5.97 Å². The first-order valence-electron chi connectivity index (χ1n) is 16.6. The third-order valence-electron chi connectivity index (χ3n) is 10.7. The molecule has 1 amide bonds. The number of nitrogens with one attached hydrogen (secondary N) is 2. The summed E-state index contributed by atoms with van der Waals surface area (Å²) in [5, 5.41) is 0. The molecule has 0 saturated carbocycles. The molecule has 0 saturated heterocycles. The van der Waals surface area contributed by atoms with E-state index in [4.69, 9.17) is 14.7 Å². The minimum atomic E-state index is -0.666. The maximum absolute atomic E-state index is 13.6. The number of aromatic nitrogens is 4. The molecule has 0 fully saturated rings. The summed E-state index contributed by atoms with van der Waals surface area (Å²) in [5.74, 6) is -0.202. The number of ketones is 1. The highest BCUT2D eigenvalue weighted by atomic mass is 16.5. The van der Waals surface area contributed by atoms with E-state index in [0.29, 0.717) is 12.0 Å². The van der Waals surface area contributed by atoms with Gasteiger partial charge in [0.05, 0.1) is 29.7 Å². The molecule has 1 aliphatic carbocycles. The Morgan fingerprint density at radius 3 is 2.47 bits per heavy atom. The number of hydrogen-bond acceptors (Lipinski definition) is 6. The van der Waals surface area contributed by atoms with Crippen molar-refractivity contribution in [3.8, 4) is 0 Å². The maximum Gasteiger partial charge on any atom is 0.305 e. The number of aryl methyl sites for hydroxylation is 3. The van der Waals surface area contributed by atoms with Gasteiger partial charge in [-0.05, 0) is 81.0 Å². The summed E-state index contributed by atoms with van der Waals surface area (Å²) in [4.78, 5) is 58.5. The van der Waals surface area contributed by atoms with Crippen molar-refractivity contribution >= 4 is 45.3 Å². The number of amides is 1. The van der Waals surface area contributed by atoms with Crippen LogP contribution in [0, 0.1) is 13.8 Å². The second-order valence-electron chi connectivity index (χ2n) is 13.6. The summed E-state index contributed by atoms with van der Waals surface area (Å²) in [6, 6.07) is 6.25. The quantitative estimate of drug-likeness (QED) is 0.284. The number of H-pyrrole nitrogens is 2. The molecule has 3 aliphatic rings. The number of hydrogen-bond donors (Lipinski definition) is 2. The van der Waals surface area contributed by atoms with E-state index in [-0.39, 0.29) is 48.8 Å². The molecule has 0 radical (unpaired) electrons. The van der Waals surface area contributed by atoms with E-state index >= 15 is 0 Å². The number of aromatic amines is 2. The Balaban J connectivity index is 1.73. The van der Waals surface area contributed by atoms with Crippen molar-refractivity contribution in [2.45, 2.75) is 90.9 Å². The molecule has 1 unspecified atom stereocenters. The molecule has 2 aliphatic heterocycles. The van der Waals surface area contributed by atoms with Crippen LogP contribution in [-0.4, -0.2) is 63.7 Å². The van der Waals surface area contributed by atoms with E-state index in [1.54, 1.807) is 19.0 Å². The summed E-state index contributed by atoms with van der Waals surface area (Å²) in [6.45, 7) is 12.5. The minimum Gasteiger partial charge on any atom is -0.469 e. The van der Waals surface area contributed by atoms with Crippen LogP contribution in [0.3, 0.4) is 0 Å². The van der Waals surface area contributed by atoms with Crippen LogP contribution >= 0.6 is 0 Å². The molecule has 47 heavy (non-hydrogen) atoms. The van der Waals surface area contributed by atoms with Crippen molar-refractivity contribution in [2.24, 2.45) is 0 Å². The number of esters is 1. The SMILES string of the molecule is C/C=C1\c2cc3[nH]c4c(c5nc(cc6[nH]c(cc(n2)C1(C)CC(=O)N(C)C)c(CC)c6C)[C@@H](C)[C@@H]5CCC(=O)OC)CC(=O)c4c3C.